The molecule has 1 heterocycles. The molecule has 2 aromatic rings. The van der Waals surface area contributed by atoms with Gasteiger partial charge in [-0.2, -0.15) is 13.2 Å². The van der Waals surface area contributed by atoms with Crippen molar-refractivity contribution in [2.24, 2.45) is 0 Å². The molecule has 0 aliphatic heterocycles. The van der Waals surface area contributed by atoms with E-state index in [1.54, 1.807) is 6.92 Å². The van der Waals surface area contributed by atoms with Crippen LogP contribution in [0.25, 0.3) is 0 Å². The Hall–Kier alpha value is -2.16. The third kappa shape index (κ3) is 3.48. The summed E-state index contributed by atoms with van der Waals surface area (Å²) in [6.45, 7) is 1.91. The molecule has 2 rings (SSSR count). The van der Waals surface area contributed by atoms with E-state index >= 15 is 0 Å². The summed E-state index contributed by atoms with van der Waals surface area (Å²) < 4.78 is 42.6. The highest BCUT2D eigenvalue weighted by molar-refractivity contribution is 7.10. The van der Waals surface area contributed by atoms with E-state index in [2.05, 4.69) is 20.2 Å². The topological polar surface area (TPSA) is 66.9 Å². The van der Waals surface area contributed by atoms with Gasteiger partial charge in [-0.15, -0.1) is 5.10 Å². The molecule has 0 unspecified atom stereocenters. The van der Waals surface area contributed by atoms with Gasteiger partial charge >= 0.3 is 6.18 Å². The highest BCUT2D eigenvalue weighted by Crippen LogP contribution is 2.36. The first kappa shape index (κ1) is 15.2. The van der Waals surface area contributed by atoms with Crippen molar-refractivity contribution in [2.75, 3.05) is 17.2 Å². The maximum absolute atomic E-state index is 13.0. The minimum Gasteiger partial charge on any atom is -0.384 e. The summed E-state index contributed by atoms with van der Waals surface area (Å²) in [5.41, 5.74) is -1.19. The average molecular weight is 316 g/mol. The molecule has 0 saturated carbocycles. The molecule has 9 heteroatoms. The molecular formula is C12H11F3N4OS. The largest absolute Gasteiger partial charge is 0.418 e. The number of hydrogen-bond donors (Lipinski definition) is 2. The summed E-state index contributed by atoms with van der Waals surface area (Å²) in [4.78, 5) is 12.1. The quantitative estimate of drug-likeness (QED) is 0.909. The fraction of sp³-hybridized carbons (Fsp3) is 0.250. The Morgan fingerprint density at radius 2 is 2.14 bits per heavy atom. The van der Waals surface area contributed by atoms with E-state index < -0.39 is 17.6 Å². The molecule has 2 N–H and O–H groups in total. The normalized spacial score (nSPS) is 11.2. The first-order valence-electron chi connectivity index (χ1n) is 5.96. The van der Waals surface area contributed by atoms with Gasteiger partial charge < -0.3 is 10.6 Å². The molecule has 1 aromatic heterocycles. The Morgan fingerprint density at radius 3 is 2.71 bits per heavy atom. The minimum absolute atomic E-state index is 0.0833. The predicted molar refractivity (Wildman–Crippen MR) is 73.5 cm³/mol. The van der Waals surface area contributed by atoms with Crippen LogP contribution in [0.2, 0.25) is 0 Å². The Balaban J connectivity index is 2.40. The second kappa shape index (κ2) is 6.08. The number of carbonyl (C=O) groups excluding carboxylic acids is 1. The smallest absolute Gasteiger partial charge is 0.384 e. The number of rotatable bonds is 4. The van der Waals surface area contributed by atoms with Crippen LogP contribution in [0.3, 0.4) is 0 Å². The first-order chi connectivity index (χ1) is 9.93. The van der Waals surface area contributed by atoms with E-state index in [0.717, 1.165) is 17.6 Å². The lowest BCUT2D eigenvalue weighted by molar-refractivity contribution is -0.136. The molecule has 0 bridgehead atoms. The minimum atomic E-state index is -4.54. The van der Waals surface area contributed by atoms with Gasteiger partial charge in [-0.05, 0) is 19.1 Å². The summed E-state index contributed by atoms with van der Waals surface area (Å²) in [5, 5.41) is 8.97. The number of carbonyl (C=O) groups is 1. The molecule has 0 fully saturated rings. The zero-order valence-corrected chi connectivity index (χ0v) is 11.7. The van der Waals surface area contributed by atoms with Crippen molar-refractivity contribution in [3.8, 4) is 0 Å². The van der Waals surface area contributed by atoms with Gasteiger partial charge in [0.2, 0.25) is 0 Å². The van der Waals surface area contributed by atoms with Gasteiger partial charge in [0.15, 0.2) is 0 Å². The molecule has 0 saturated heterocycles. The number of halogens is 3. The van der Waals surface area contributed by atoms with Crippen LogP contribution >= 0.6 is 11.5 Å². The highest BCUT2D eigenvalue weighted by Gasteiger charge is 2.35. The second-order valence-corrected chi connectivity index (χ2v) is 4.78. The molecule has 21 heavy (non-hydrogen) atoms. The molecule has 1 amide bonds. The first-order valence-corrected chi connectivity index (χ1v) is 6.73. The Bertz CT molecular complexity index is 628. The molecule has 112 valence electrons. The summed E-state index contributed by atoms with van der Waals surface area (Å²) >= 11 is 0.939. The molecule has 0 aliphatic carbocycles. The van der Waals surface area contributed by atoms with E-state index in [0.29, 0.717) is 5.00 Å². The molecule has 0 atom stereocenters. The Labute approximate surface area is 122 Å². The van der Waals surface area contributed by atoms with Crippen LogP contribution in [-0.2, 0) is 6.18 Å². The number of benzene rings is 1. The van der Waals surface area contributed by atoms with Crippen molar-refractivity contribution in [1.82, 2.24) is 9.59 Å². The zero-order chi connectivity index (χ0) is 15.5. The summed E-state index contributed by atoms with van der Waals surface area (Å²) in [7, 11) is 0. The van der Waals surface area contributed by atoms with E-state index in [9.17, 15) is 18.0 Å². The van der Waals surface area contributed by atoms with Crippen molar-refractivity contribution in [3.63, 3.8) is 0 Å². The maximum atomic E-state index is 13.0. The van der Waals surface area contributed by atoms with E-state index in [1.807, 2.05) is 0 Å². The maximum Gasteiger partial charge on any atom is 0.418 e. The molecule has 0 radical (unpaired) electrons. The monoisotopic (exact) mass is 316 g/mol. The molecule has 5 nitrogen and oxygen atoms in total. The predicted octanol–water partition coefficient (Wildman–Crippen LogP) is 3.24. The van der Waals surface area contributed by atoms with Gasteiger partial charge in [-0.1, -0.05) is 10.6 Å². The van der Waals surface area contributed by atoms with Gasteiger partial charge in [0, 0.05) is 18.1 Å². The summed E-state index contributed by atoms with van der Waals surface area (Å²) in [5.74, 6) is -0.650. The third-order valence-corrected chi connectivity index (χ3v) is 3.15. The number of aromatic nitrogens is 2. The third-order valence-electron chi connectivity index (χ3n) is 2.57. The number of nitrogens with one attached hydrogen (secondary N) is 2. The number of alkyl halides is 3. The van der Waals surface area contributed by atoms with Gasteiger partial charge in [0.05, 0.1) is 23.0 Å². The summed E-state index contributed by atoms with van der Waals surface area (Å²) in [6.07, 6.45) is -3.22. The SMILES string of the molecule is CCNc1c(C(=O)Nc2cnns2)cccc1C(F)(F)F. The van der Waals surface area contributed by atoms with Gasteiger partial charge in [0.1, 0.15) is 5.00 Å². The Morgan fingerprint density at radius 1 is 1.38 bits per heavy atom. The van der Waals surface area contributed by atoms with Crippen LogP contribution in [-0.4, -0.2) is 22.0 Å². The number of nitrogens with zero attached hydrogens (tertiary/aromatic N) is 2. The van der Waals surface area contributed by atoms with Crippen molar-refractivity contribution in [3.05, 3.63) is 35.5 Å². The van der Waals surface area contributed by atoms with Crippen LogP contribution in [0.1, 0.15) is 22.8 Å². The van der Waals surface area contributed by atoms with Crippen LogP contribution in [0.15, 0.2) is 24.4 Å². The molecule has 0 aliphatic rings. The lowest BCUT2D eigenvalue weighted by atomic mass is 10.1. The van der Waals surface area contributed by atoms with Crippen LogP contribution in [0.4, 0.5) is 23.9 Å². The van der Waals surface area contributed by atoms with Crippen LogP contribution in [0.5, 0.6) is 0 Å². The van der Waals surface area contributed by atoms with Crippen molar-refractivity contribution >= 4 is 28.1 Å². The van der Waals surface area contributed by atoms with Crippen molar-refractivity contribution < 1.29 is 18.0 Å². The zero-order valence-electron chi connectivity index (χ0n) is 10.9. The van der Waals surface area contributed by atoms with Gasteiger partial charge in [-0.3, -0.25) is 4.79 Å². The highest BCUT2D eigenvalue weighted by atomic mass is 32.1. The van der Waals surface area contributed by atoms with E-state index in [4.69, 9.17) is 0 Å². The summed E-state index contributed by atoms with van der Waals surface area (Å²) in [6, 6.07) is 3.46. The number of amides is 1. The fourth-order valence-corrected chi connectivity index (χ4v) is 2.16. The fourth-order valence-electron chi connectivity index (χ4n) is 1.75. The second-order valence-electron chi connectivity index (χ2n) is 3.99. The van der Waals surface area contributed by atoms with Crippen LogP contribution in [0, 0.1) is 0 Å². The lowest BCUT2D eigenvalue weighted by Gasteiger charge is -2.17. The molecular weight excluding hydrogens is 305 g/mol. The number of para-hydroxylation sites is 1. The van der Waals surface area contributed by atoms with Gasteiger partial charge in [-0.25, -0.2) is 0 Å². The van der Waals surface area contributed by atoms with Gasteiger partial charge in [0.25, 0.3) is 5.91 Å². The molecule has 1 aromatic carbocycles. The van der Waals surface area contributed by atoms with Crippen LogP contribution < -0.4 is 10.6 Å². The number of anilines is 2. The van der Waals surface area contributed by atoms with E-state index in [-0.39, 0.29) is 17.8 Å². The average Bonchev–Trinajstić information content (AvgIpc) is 2.90. The lowest BCUT2D eigenvalue weighted by Crippen LogP contribution is -2.18. The standard InChI is InChI=1S/C12H11F3N4OS/c1-2-16-10-7(4-3-5-8(10)12(13,14)15)11(20)18-9-6-17-19-21-9/h3-6,16H,2H2,1H3,(H,18,20). The molecule has 0 spiro atoms. The number of hydrogen-bond acceptors (Lipinski definition) is 5. The van der Waals surface area contributed by atoms with Crippen molar-refractivity contribution in [2.45, 2.75) is 13.1 Å². The Kier molecular flexibility index (Phi) is 4.41. The van der Waals surface area contributed by atoms with E-state index in [1.165, 1.54) is 18.3 Å². The van der Waals surface area contributed by atoms with Crippen molar-refractivity contribution in [1.29, 1.82) is 0 Å².